The van der Waals surface area contributed by atoms with Gasteiger partial charge in [-0.2, -0.15) is 0 Å². The molecule has 0 heterocycles. The smallest absolute Gasteiger partial charge is 0.217 e. The molecule has 1 saturated carbocycles. The van der Waals surface area contributed by atoms with Gasteiger partial charge in [-0.1, -0.05) is 27.2 Å². The third-order valence-electron chi connectivity index (χ3n) is 3.02. The Hall–Kier alpha value is -0.530. The van der Waals surface area contributed by atoms with E-state index < -0.39 is 0 Å². The minimum absolute atomic E-state index is 0.112. The molecule has 1 N–H and O–H groups in total. The summed E-state index contributed by atoms with van der Waals surface area (Å²) < 4.78 is 0. The summed E-state index contributed by atoms with van der Waals surface area (Å²) in [5, 5.41) is 3.06. The first kappa shape index (κ1) is 10.6. The zero-order chi connectivity index (χ0) is 10.1. The predicted molar refractivity (Wildman–Crippen MR) is 54.4 cm³/mol. The van der Waals surface area contributed by atoms with Crippen LogP contribution in [0.1, 0.15) is 47.0 Å². The molecule has 0 spiro atoms. The van der Waals surface area contributed by atoms with Crippen LogP contribution in [-0.2, 0) is 4.79 Å². The zero-order valence-electron chi connectivity index (χ0n) is 9.18. The van der Waals surface area contributed by atoms with Crippen LogP contribution in [-0.4, -0.2) is 11.9 Å². The molecule has 0 radical (unpaired) electrons. The van der Waals surface area contributed by atoms with Crippen molar-refractivity contribution in [1.82, 2.24) is 5.32 Å². The van der Waals surface area contributed by atoms with Gasteiger partial charge in [-0.05, 0) is 24.2 Å². The second-order valence-corrected chi connectivity index (χ2v) is 5.21. The molecule has 0 bridgehead atoms. The number of nitrogens with one attached hydrogen (secondary N) is 1. The van der Waals surface area contributed by atoms with Gasteiger partial charge < -0.3 is 5.32 Å². The molecule has 2 nitrogen and oxygen atoms in total. The van der Waals surface area contributed by atoms with Crippen molar-refractivity contribution in [2.24, 2.45) is 11.3 Å². The topological polar surface area (TPSA) is 29.1 Å². The van der Waals surface area contributed by atoms with E-state index in [0.29, 0.717) is 17.4 Å². The van der Waals surface area contributed by atoms with E-state index in [1.807, 2.05) is 0 Å². The van der Waals surface area contributed by atoms with Gasteiger partial charge in [-0.25, -0.2) is 0 Å². The molecule has 13 heavy (non-hydrogen) atoms. The SMILES string of the molecule is CC(=O)NC1CCCC1C(C)(C)C. The lowest BCUT2D eigenvalue weighted by Gasteiger charge is -2.32. The standard InChI is InChI=1S/C11H21NO/c1-8(13)12-10-7-5-6-9(10)11(2,3)4/h9-10H,5-7H2,1-4H3,(H,12,13). The van der Waals surface area contributed by atoms with Gasteiger partial charge in [0.25, 0.3) is 0 Å². The Morgan fingerprint density at radius 1 is 1.31 bits per heavy atom. The molecule has 1 amide bonds. The summed E-state index contributed by atoms with van der Waals surface area (Å²) in [6.45, 7) is 8.39. The van der Waals surface area contributed by atoms with Crippen LogP contribution in [0.15, 0.2) is 0 Å². The number of carbonyl (C=O) groups excluding carboxylic acids is 1. The molecule has 0 saturated heterocycles. The summed E-state index contributed by atoms with van der Waals surface area (Å²) in [4.78, 5) is 11.0. The van der Waals surface area contributed by atoms with Gasteiger partial charge in [0.1, 0.15) is 0 Å². The highest BCUT2D eigenvalue weighted by molar-refractivity contribution is 5.73. The highest BCUT2D eigenvalue weighted by Crippen LogP contribution is 2.39. The lowest BCUT2D eigenvalue weighted by Crippen LogP contribution is -2.40. The Balaban J connectivity index is 2.59. The van der Waals surface area contributed by atoms with E-state index >= 15 is 0 Å². The maximum absolute atomic E-state index is 11.0. The highest BCUT2D eigenvalue weighted by Gasteiger charge is 2.36. The number of amides is 1. The van der Waals surface area contributed by atoms with Crippen molar-refractivity contribution in [3.8, 4) is 0 Å². The third kappa shape index (κ3) is 2.71. The van der Waals surface area contributed by atoms with Crippen molar-refractivity contribution in [2.45, 2.75) is 53.0 Å². The molecule has 2 heteroatoms. The Kier molecular flexibility index (Phi) is 2.99. The van der Waals surface area contributed by atoms with Crippen LogP contribution in [0.25, 0.3) is 0 Å². The Labute approximate surface area is 81.1 Å². The van der Waals surface area contributed by atoms with Crippen molar-refractivity contribution in [2.75, 3.05) is 0 Å². The highest BCUT2D eigenvalue weighted by atomic mass is 16.1. The van der Waals surface area contributed by atoms with Gasteiger partial charge in [0.2, 0.25) is 5.91 Å². The van der Waals surface area contributed by atoms with E-state index in [2.05, 4.69) is 26.1 Å². The lowest BCUT2D eigenvalue weighted by atomic mass is 9.77. The molecule has 1 rings (SSSR count). The Morgan fingerprint density at radius 2 is 1.92 bits per heavy atom. The van der Waals surface area contributed by atoms with Crippen LogP contribution in [0.2, 0.25) is 0 Å². The predicted octanol–water partition coefficient (Wildman–Crippen LogP) is 2.34. The molecular weight excluding hydrogens is 162 g/mol. The van der Waals surface area contributed by atoms with Crippen molar-refractivity contribution >= 4 is 5.91 Å². The van der Waals surface area contributed by atoms with Gasteiger partial charge in [-0.3, -0.25) is 4.79 Å². The zero-order valence-corrected chi connectivity index (χ0v) is 9.18. The second-order valence-electron chi connectivity index (χ2n) is 5.21. The molecular formula is C11H21NO. The molecule has 1 fully saturated rings. The van der Waals surface area contributed by atoms with E-state index in [1.54, 1.807) is 6.92 Å². The first-order valence-electron chi connectivity index (χ1n) is 5.18. The van der Waals surface area contributed by atoms with Crippen molar-refractivity contribution in [3.05, 3.63) is 0 Å². The fourth-order valence-electron chi connectivity index (χ4n) is 2.43. The second kappa shape index (κ2) is 3.69. The molecule has 0 aromatic heterocycles. The summed E-state index contributed by atoms with van der Waals surface area (Å²) in [6.07, 6.45) is 3.67. The summed E-state index contributed by atoms with van der Waals surface area (Å²) in [5.41, 5.74) is 0.323. The average molecular weight is 183 g/mol. The number of hydrogen-bond acceptors (Lipinski definition) is 1. The van der Waals surface area contributed by atoms with Crippen LogP contribution in [0, 0.1) is 11.3 Å². The van der Waals surface area contributed by atoms with Crippen LogP contribution in [0.4, 0.5) is 0 Å². The third-order valence-corrected chi connectivity index (χ3v) is 3.02. The molecule has 1 aliphatic carbocycles. The van der Waals surface area contributed by atoms with Gasteiger partial charge in [-0.15, -0.1) is 0 Å². The molecule has 2 unspecified atom stereocenters. The minimum Gasteiger partial charge on any atom is -0.353 e. The lowest BCUT2D eigenvalue weighted by molar-refractivity contribution is -0.120. The van der Waals surface area contributed by atoms with Crippen molar-refractivity contribution in [3.63, 3.8) is 0 Å². The van der Waals surface area contributed by atoms with Gasteiger partial charge >= 0.3 is 0 Å². The van der Waals surface area contributed by atoms with E-state index in [0.717, 1.165) is 6.42 Å². The van der Waals surface area contributed by atoms with E-state index in [1.165, 1.54) is 12.8 Å². The quantitative estimate of drug-likeness (QED) is 0.664. The first-order chi connectivity index (χ1) is 5.91. The number of carbonyl (C=O) groups is 1. The van der Waals surface area contributed by atoms with E-state index in [9.17, 15) is 4.79 Å². The first-order valence-corrected chi connectivity index (χ1v) is 5.18. The molecule has 0 aromatic carbocycles. The summed E-state index contributed by atoms with van der Waals surface area (Å²) in [6, 6.07) is 0.414. The molecule has 1 aliphatic rings. The minimum atomic E-state index is 0.112. The number of hydrogen-bond donors (Lipinski definition) is 1. The Morgan fingerprint density at radius 3 is 2.38 bits per heavy atom. The normalized spacial score (nSPS) is 28.9. The van der Waals surface area contributed by atoms with Gasteiger partial charge in [0.15, 0.2) is 0 Å². The molecule has 76 valence electrons. The summed E-state index contributed by atoms with van der Waals surface area (Å²) in [5.74, 6) is 0.762. The summed E-state index contributed by atoms with van der Waals surface area (Å²) >= 11 is 0. The monoisotopic (exact) mass is 183 g/mol. The van der Waals surface area contributed by atoms with Crippen LogP contribution < -0.4 is 5.32 Å². The fourth-order valence-corrected chi connectivity index (χ4v) is 2.43. The number of rotatable bonds is 1. The Bertz CT molecular complexity index is 193. The summed E-state index contributed by atoms with van der Waals surface area (Å²) in [7, 11) is 0. The van der Waals surface area contributed by atoms with Crippen LogP contribution in [0.3, 0.4) is 0 Å². The molecule has 2 atom stereocenters. The molecule has 0 aromatic rings. The molecule has 0 aliphatic heterocycles. The van der Waals surface area contributed by atoms with E-state index in [4.69, 9.17) is 0 Å². The maximum atomic E-state index is 11.0. The average Bonchev–Trinajstić information content (AvgIpc) is 2.31. The maximum Gasteiger partial charge on any atom is 0.217 e. The largest absolute Gasteiger partial charge is 0.353 e. The van der Waals surface area contributed by atoms with Gasteiger partial charge in [0.05, 0.1) is 0 Å². The van der Waals surface area contributed by atoms with Crippen molar-refractivity contribution in [1.29, 1.82) is 0 Å². The van der Waals surface area contributed by atoms with Crippen LogP contribution >= 0.6 is 0 Å². The van der Waals surface area contributed by atoms with Crippen LogP contribution in [0.5, 0.6) is 0 Å². The van der Waals surface area contributed by atoms with Gasteiger partial charge in [0, 0.05) is 13.0 Å². The fraction of sp³-hybridized carbons (Fsp3) is 0.909. The van der Waals surface area contributed by atoms with E-state index in [-0.39, 0.29) is 5.91 Å². The van der Waals surface area contributed by atoms with Crippen molar-refractivity contribution < 1.29 is 4.79 Å².